The van der Waals surface area contributed by atoms with Gasteiger partial charge in [0.15, 0.2) is 0 Å². The van der Waals surface area contributed by atoms with Gasteiger partial charge in [0.2, 0.25) is 11.2 Å². The summed E-state index contributed by atoms with van der Waals surface area (Å²) in [6.45, 7) is 1.94. The number of aromatic hydroxyl groups is 1. The smallest absolute Gasteiger partial charge is 0.453 e. The zero-order chi connectivity index (χ0) is 18.2. The topological polar surface area (TPSA) is 59.7 Å². The van der Waals surface area contributed by atoms with Gasteiger partial charge in [0, 0.05) is 6.07 Å². The molecule has 7 heteroatoms. The zero-order valence-electron chi connectivity index (χ0n) is 13.1. The highest BCUT2D eigenvalue weighted by molar-refractivity contribution is 5.79. The molecule has 0 aliphatic heterocycles. The second kappa shape index (κ2) is 6.16. The van der Waals surface area contributed by atoms with Crippen molar-refractivity contribution in [1.29, 1.82) is 0 Å². The highest BCUT2D eigenvalue weighted by Gasteiger charge is 2.40. The largest absolute Gasteiger partial charge is 0.508 e. The van der Waals surface area contributed by atoms with Crippen molar-refractivity contribution in [2.45, 2.75) is 19.5 Å². The lowest BCUT2D eigenvalue weighted by Gasteiger charge is -2.13. The number of benzene rings is 2. The number of alkyl halides is 3. The molecule has 0 bridgehead atoms. The SMILES string of the molecule is CCc1ccc(Oc2c(C(F)(F)F)oc3cc(O)ccc3c2=O)cc1. The normalized spacial score (nSPS) is 11.7. The van der Waals surface area contributed by atoms with Crippen molar-refractivity contribution in [3.8, 4) is 17.2 Å². The molecule has 25 heavy (non-hydrogen) atoms. The molecule has 0 fully saturated rings. The minimum atomic E-state index is -4.93. The molecule has 0 spiro atoms. The van der Waals surface area contributed by atoms with Crippen molar-refractivity contribution in [3.63, 3.8) is 0 Å². The molecule has 0 saturated carbocycles. The summed E-state index contributed by atoms with van der Waals surface area (Å²) in [6.07, 6.45) is -4.17. The Morgan fingerprint density at radius 2 is 1.80 bits per heavy atom. The summed E-state index contributed by atoms with van der Waals surface area (Å²) in [5.74, 6) is -2.70. The van der Waals surface area contributed by atoms with Gasteiger partial charge >= 0.3 is 6.18 Å². The second-order valence-corrected chi connectivity index (χ2v) is 5.37. The van der Waals surface area contributed by atoms with Gasteiger partial charge < -0.3 is 14.3 Å². The standard InChI is InChI=1S/C18H13F3O4/c1-2-10-3-6-12(7-4-10)24-16-15(23)13-8-5-11(22)9-14(13)25-17(16)18(19,20)21/h3-9,22H,2H2,1H3. The summed E-state index contributed by atoms with van der Waals surface area (Å²) < 4.78 is 50.0. The van der Waals surface area contributed by atoms with Crippen LogP contribution in [-0.4, -0.2) is 5.11 Å². The van der Waals surface area contributed by atoms with Crippen LogP contribution in [-0.2, 0) is 12.6 Å². The number of aryl methyl sites for hydroxylation is 1. The molecular formula is C18H13F3O4. The maximum atomic E-state index is 13.3. The van der Waals surface area contributed by atoms with Gasteiger partial charge in [0.05, 0.1) is 5.39 Å². The van der Waals surface area contributed by atoms with Gasteiger partial charge in [-0.25, -0.2) is 0 Å². The molecular weight excluding hydrogens is 337 g/mol. The van der Waals surface area contributed by atoms with Crippen LogP contribution in [0.4, 0.5) is 13.2 Å². The van der Waals surface area contributed by atoms with Crippen LogP contribution in [0.25, 0.3) is 11.0 Å². The van der Waals surface area contributed by atoms with E-state index in [-0.39, 0.29) is 22.5 Å². The Morgan fingerprint density at radius 3 is 2.40 bits per heavy atom. The number of hydrogen-bond donors (Lipinski definition) is 1. The van der Waals surface area contributed by atoms with Crippen LogP contribution in [0, 0.1) is 0 Å². The van der Waals surface area contributed by atoms with Crippen LogP contribution in [0.2, 0.25) is 0 Å². The average Bonchev–Trinajstić information content (AvgIpc) is 2.56. The molecule has 0 atom stereocenters. The van der Waals surface area contributed by atoms with Crippen LogP contribution in [0.5, 0.6) is 17.2 Å². The van der Waals surface area contributed by atoms with Crippen molar-refractivity contribution in [2.24, 2.45) is 0 Å². The van der Waals surface area contributed by atoms with E-state index in [0.717, 1.165) is 18.1 Å². The average molecular weight is 350 g/mol. The van der Waals surface area contributed by atoms with E-state index in [0.29, 0.717) is 0 Å². The number of fused-ring (bicyclic) bond motifs is 1. The number of ether oxygens (including phenoxy) is 1. The van der Waals surface area contributed by atoms with Gasteiger partial charge in [-0.15, -0.1) is 0 Å². The first-order chi connectivity index (χ1) is 11.8. The Hall–Kier alpha value is -2.96. The van der Waals surface area contributed by atoms with Gasteiger partial charge in [-0.05, 0) is 36.2 Å². The van der Waals surface area contributed by atoms with E-state index in [9.17, 15) is 23.1 Å². The third-order valence-corrected chi connectivity index (χ3v) is 3.64. The quantitative estimate of drug-likeness (QED) is 0.732. The van der Waals surface area contributed by atoms with Crippen LogP contribution in [0.1, 0.15) is 18.2 Å². The zero-order valence-corrected chi connectivity index (χ0v) is 13.1. The molecule has 0 radical (unpaired) electrons. The third-order valence-electron chi connectivity index (χ3n) is 3.64. The maximum absolute atomic E-state index is 13.3. The fourth-order valence-electron chi connectivity index (χ4n) is 2.36. The van der Waals surface area contributed by atoms with Crippen molar-refractivity contribution >= 4 is 11.0 Å². The molecule has 0 saturated heterocycles. The van der Waals surface area contributed by atoms with Crippen LogP contribution >= 0.6 is 0 Å². The van der Waals surface area contributed by atoms with E-state index in [2.05, 4.69) is 0 Å². The first kappa shape index (κ1) is 16.9. The summed E-state index contributed by atoms with van der Waals surface area (Å²) >= 11 is 0. The third kappa shape index (κ3) is 3.31. The molecule has 4 nitrogen and oxygen atoms in total. The summed E-state index contributed by atoms with van der Waals surface area (Å²) in [5.41, 5.74) is -0.358. The van der Waals surface area contributed by atoms with Crippen molar-refractivity contribution in [3.05, 3.63) is 64.0 Å². The number of phenols is 1. The highest BCUT2D eigenvalue weighted by atomic mass is 19.4. The molecule has 3 rings (SSSR count). The highest BCUT2D eigenvalue weighted by Crippen LogP contribution is 2.38. The molecule has 130 valence electrons. The van der Waals surface area contributed by atoms with E-state index >= 15 is 0 Å². The summed E-state index contributed by atoms with van der Waals surface area (Å²) in [5, 5.41) is 9.27. The second-order valence-electron chi connectivity index (χ2n) is 5.37. The van der Waals surface area contributed by atoms with Crippen molar-refractivity contribution in [2.75, 3.05) is 0 Å². The Morgan fingerprint density at radius 1 is 1.12 bits per heavy atom. The number of hydrogen-bond acceptors (Lipinski definition) is 4. The van der Waals surface area contributed by atoms with E-state index in [4.69, 9.17) is 9.15 Å². The minimum absolute atomic E-state index is 0.0909. The Labute approximate surface area is 140 Å². The van der Waals surface area contributed by atoms with E-state index in [1.165, 1.54) is 24.3 Å². The lowest BCUT2D eigenvalue weighted by Crippen LogP contribution is -2.15. The molecule has 0 aliphatic carbocycles. The Bertz CT molecular complexity index is 973. The minimum Gasteiger partial charge on any atom is -0.508 e. The van der Waals surface area contributed by atoms with Crippen LogP contribution in [0.15, 0.2) is 51.7 Å². The molecule has 3 aromatic rings. The molecule has 2 aromatic carbocycles. The molecule has 0 unspecified atom stereocenters. The lowest BCUT2D eigenvalue weighted by molar-refractivity contribution is -0.154. The first-order valence-corrected chi connectivity index (χ1v) is 7.43. The number of halogens is 3. The first-order valence-electron chi connectivity index (χ1n) is 7.43. The predicted octanol–water partition coefficient (Wildman–Crippen LogP) is 4.87. The maximum Gasteiger partial charge on any atom is 0.453 e. The number of phenolic OH excluding ortho intramolecular Hbond substituents is 1. The van der Waals surface area contributed by atoms with Gasteiger partial charge in [0.1, 0.15) is 17.1 Å². The Balaban J connectivity index is 2.19. The van der Waals surface area contributed by atoms with E-state index in [1.807, 2.05) is 6.92 Å². The summed E-state index contributed by atoms with van der Waals surface area (Å²) in [7, 11) is 0. The monoisotopic (exact) mass is 350 g/mol. The number of rotatable bonds is 3. The van der Waals surface area contributed by atoms with Crippen molar-refractivity contribution in [1.82, 2.24) is 0 Å². The lowest BCUT2D eigenvalue weighted by atomic mass is 10.1. The fourth-order valence-corrected chi connectivity index (χ4v) is 2.36. The van der Waals surface area contributed by atoms with E-state index in [1.54, 1.807) is 12.1 Å². The molecule has 1 aromatic heterocycles. The Kier molecular flexibility index (Phi) is 4.16. The predicted molar refractivity (Wildman–Crippen MR) is 85.0 cm³/mol. The van der Waals surface area contributed by atoms with Gasteiger partial charge in [-0.3, -0.25) is 4.79 Å². The van der Waals surface area contributed by atoms with Crippen molar-refractivity contribution < 1.29 is 27.4 Å². The van der Waals surface area contributed by atoms with Gasteiger partial charge in [-0.1, -0.05) is 19.1 Å². The molecule has 0 aliphatic rings. The fraction of sp³-hybridized carbons (Fsp3) is 0.167. The van der Waals surface area contributed by atoms with Gasteiger partial charge in [-0.2, -0.15) is 13.2 Å². The summed E-state index contributed by atoms with van der Waals surface area (Å²) in [6, 6.07) is 9.69. The summed E-state index contributed by atoms with van der Waals surface area (Å²) in [4.78, 5) is 12.5. The van der Waals surface area contributed by atoms with Crippen LogP contribution < -0.4 is 10.2 Å². The molecule has 0 amide bonds. The molecule has 1 N–H and O–H groups in total. The van der Waals surface area contributed by atoms with Crippen LogP contribution in [0.3, 0.4) is 0 Å². The molecule has 1 heterocycles. The van der Waals surface area contributed by atoms with E-state index < -0.39 is 23.1 Å². The van der Waals surface area contributed by atoms with Gasteiger partial charge in [0.25, 0.3) is 5.76 Å².